The van der Waals surface area contributed by atoms with Crippen molar-refractivity contribution in [2.75, 3.05) is 10.6 Å². The van der Waals surface area contributed by atoms with Gasteiger partial charge in [-0.25, -0.2) is 13.2 Å². The van der Waals surface area contributed by atoms with E-state index in [-0.39, 0.29) is 15.7 Å². The molecule has 0 heterocycles. The molecule has 5 nitrogen and oxygen atoms in total. The number of nitrogens with zero attached hydrogens (tertiary/aromatic N) is 1. The fraction of sp³-hybridized carbons (Fsp3) is 0.300. The van der Waals surface area contributed by atoms with E-state index >= 15 is 0 Å². The highest BCUT2D eigenvalue weighted by molar-refractivity contribution is 7.92. The number of benzene rings is 1. The van der Waals surface area contributed by atoms with Gasteiger partial charge in [0, 0.05) is 10.0 Å². The molecule has 1 rings (SSSR count). The molecule has 0 spiro atoms. The minimum atomic E-state index is -3.76. The Hall–Kier alpha value is -0.980. The standard InChI is InChI=1S/C10H11Cl2NO4S/c1-6(10(14)15)13(18(2,16)17)9-4-7(11)3-8(12)5-9/h3-6H,1-2H3,(H,14,15)/t6-/m0/s1. The molecule has 0 bridgehead atoms. The molecule has 1 N–H and O–H groups in total. The van der Waals surface area contributed by atoms with Gasteiger partial charge in [-0.05, 0) is 25.1 Å². The van der Waals surface area contributed by atoms with Crippen molar-refractivity contribution in [2.45, 2.75) is 13.0 Å². The van der Waals surface area contributed by atoms with E-state index in [1.54, 1.807) is 0 Å². The lowest BCUT2D eigenvalue weighted by atomic mass is 10.2. The molecule has 0 aliphatic heterocycles. The van der Waals surface area contributed by atoms with Crippen LogP contribution < -0.4 is 4.31 Å². The predicted octanol–water partition coefficient (Wildman–Crippen LogP) is 2.23. The van der Waals surface area contributed by atoms with Crippen LogP contribution in [0.5, 0.6) is 0 Å². The van der Waals surface area contributed by atoms with Crippen LogP contribution >= 0.6 is 23.2 Å². The van der Waals surface area contributed by atoms with Crippen LogP contribution in [-0.2, 0) is 14.8 Å². The van der Waals surface area contributed by atoms with Crippen LogP contribution in [0.25, 0.3) is 0 Å². The summed E-state index contributed by atoms with van der Waals surface area (Å²) in [6, 6.07) is 2.86. The third kappa shape index (κ3) is 3.51. The molecule has 1 aromatic carbocycles. The fourth-order valence-corrected chi connectivity index (χ4v) is 3.14. The van der Waals surface area contributed by atoms with Crippen molar-refractivity contribution >= 4 is 44.9 Å². The number of carboxylic acid groups (broad SMARTS) is 1. The predicted molar refractivity (Wildman–Crippen MR) is 70.9 cm³/mol. The van der Waals surface area contributed by atoms with Crippen molar-refractivity contribution in [3.05, 3.63) is 28.2 Å². The zero-order valence-electron chi connectivity index (χ0n) is 9.59. The third-order valence-corrected chi connectivity index (χ3v) is 3.85. The summed E-state index contributed by atoms with van der Waals surface area (Å²) in [5.41, 5.74) is 0.116. The van der Waals surface area contributed by atoms with E-state index in [0.29, 0.717) is 0 Å². The van der Waals surface area contributed by atoms with Gasteiger partial charge < -0.3 is 5.11 Å². The Bertz CT molecular complexity index is 553. The van der Waals surface area contributed by atoms with Crippen molar-refractivity contribution in [1.82, 2.24) is 0 Å². The lowest BCUT2D eigenvalue weighted by Gasteiger charge is -2.26. The summed E-state index contributed by atoms with van der Waals surface area (Å²) >= 11 is 11.6. The lowest BCUT2D eigenvalue weighted by Crippen LogP contribution is -2.42. The molecule has 18 heavy (non-hydrogen) atoms. The molecule has 1 atom stereocenters. The van der Waals surface area contributed by atoms with Crippen LogP contribution in [0.3, 0.4) is 0 Å². The quantitative estimate of drug-likeness (QED) is 0.925. The Morgan fingerprint density at radius 2 is 1.72 bits per heavy atom. The summed E-state index contributed by atoms with van der Waals surface area (Å²) in [5, 5.41) is 9.39. The minimum absolute atomic E-state index is 0.116. The molecule has 100 valence electrons. The molecule has 0 saturated heterocycles. The number of carboxylic acids is 1. The van der Waals surface area contributed by atoms with Crippen LogP contribution in [0.2, 0.25) is 10.0 Å². The molecule has 1 aromatic rings. The van der Waals surface area contributed by atoms with Crippen molar-refractivity contribution in [2.24, 2.45) is 0 Å². The molecular formula is C10H11Cl2NO4S. The van der Waals surface area contributed by atoms with Crippen molar-refractivity contribution in [3.63, 3.8) is 0 Å². The highest BCUT2D eigenvalue weighted by Gasteiger charge is 2.29. The van der Waals surface area contributed by atoms with Crippen LogP contribution in [0.15, 0.2) is 18.2 Å². The first-order valence-corrected chi connectivity index (χ1v) is 7.41. The maximum Gasteiger partial charge on any atom is 0.327 e. The summed E-state index contributed by atoms with van der Waals surface area (Å²) in [4.78, 5) is 11.0. The number of rotatable bonds is 4. The van der Waals surface area contributed by atoms with Gasteiger partial charge in [0.05, 0.1) is 11.9 Å². The number of hydrogen-bond acceptors (Lipinski definition) is 3. The molecule has 0 aliphatic carbocycles. The van der Waals surface area contributed by atoms with Gasteiger partial charge in [-0.2, -0.15) is 0 Å². The Kier molecular flexibility index (Phi) is 4.47. The van der Waals surface area contributed by atoms with Gasteiger partial charge in [0.1, 0.15) is 6.04 Å². The largest absolute Gasteiger partial charge is 0.480 e. The molecule has 0 aromatic heterocycles. The lowest BCUT2D eigenvalue weighted by molar-refractivity contribution is -0.137. The van der Waals surface area contributed by atoms with Crippen LogP contribution in [-0.4, -0.2) is 31.8 Å². The maximum absolute atomic E-state index is 11.7. The zero-order chi connectivity index (χ0) is 14.1. The molecule has 0 radical (unpaired) electrons. The Morgan fingerprint density at radius 3 is 2.06 bits per heavy atom. The first-order chi connectivity index (χ1) is 8.12. The van der Waals surface area contributed by atoms with Gasteiger partial charge in [-0.3, -0.25) is 4.31 Å². The summed E-state index contributed by atoms with van der Waals surface area (Å²) in [6.07, 6.45) is 0.918. The zero-order valence-corrected chi connectivity index (χ0v) is 11.9. The monoisotopic (exact) mass is 311 g/mol. The van der Waals surface area contributed by atoms with Crippen LogP contribution in [0.4, 0.5) is 5.69 Å². The highest BCUT2D eigenvalue weighted by Crippen LogP contribution is 2.28. The number of halogens is 2. The summed E-state index contributed by atoms with van der Waals surface area (Å²) in [6.45, 7) is 1.26. The van der Waals surface area contributed by atoms with E-state index in [0.717, 1.165) is 10.6 Å². The normalized spacial score (nSPS) is 13.1. The van der Waals surface area contributed by atoms with E-state index in [4.69, 9.17) is 28.3 Å². The number of carbonyl (C=O) groups is 1. The molecular weight excluding hydrogens is 301 g/mol. The molecule has 0 aliphatic rings. The molecule has 8 heteroatoms. The fourth-order valence-electron chi connectivity index (χ4n) is 1.47. The Labute approximate surface area is 115 Å². The van der Waals surface area contributed by atoms with Gasteiger partial charge in [0.2, 0.25) is 10.0 Å². The number of sulfonamides is 1. The molecule has 0 fully saturated rings. The highest BCUT2D eigenvalue weighted by atomic mass is 35.5. The first kappa shape index (κ1) is 15.1. The first-order valence-electron chi connectivity index (χ1n) is 4.81. The van der Waals surface area contributed by atoms with E-state index in [1.807, 2.05) is 0 Å². The molecule has 0 amide bonds. The topological polar surface area (TPSA) is 74.7 Å². The third-order valence-electron chi connectivity index (χ3n) is 2.17. The second-order valence-corrected chi connectivity index (χ2v) is 6.43. The maximum atomic E-state index is 11.7. The van der Waals surface area contributed by atoms with E-state index in [9.17, 15) is 13.2 Å². The minimum Gasteiger partial charge on any atom is -0.480 e. The Balaban J connectivity index is 3.40. The smallest absolute Gasteiger partial charge is 0.327 e. The van der Waals surface area contributed by atoms with Crippen molar-refractivity contribution in [1.29, 1.82) is 0 Å². The van der Waals surface area contributed by atoms with Crippen molar-refractivity contribution in [3.8, 4) is 0 Å². The van der Waals surface area contributed by atoms with Gasteiger partial charge in [-0.15, -0.1) is 0 Å². The summed E-state index contributed by atoms with van der Waals surface area (Å²) in [7, 11) is -3.76. The van der Waals surface area contributed by atoms with Gasteiger partial charge >= 0.3 is 5.97 Å². The van der Waals surface area contributed by atoms with E-state index < -0.39 is 22.0 Å². The number of hydrogen-bond donors (Lipinski definition) is 1. The number of aliphatic carboxylic acids is 1. The van der Waals surface area contributed by atoms with Crippen LogP contribution in [0.1, 0.15) is 6.92 Å². The van der Waals surface area contributed by atoms with E-state index in [1.165, 1.54) is 25.1 Å². The summed E-state index contributed by atoms with van der Waals surface area (Å²) in [5.74, 6) is -1.27. The SMILES string of the molecule is C[C@@H](C(=O)O)N(c1cc(Cl)cc(Cl)c1)S(C)(=O)=O. The van der Waals surface area contributed by atoms with Crippen LogP contribution in [0, 0.1) is 0 Å². The number of anilines is 1. The van der Waals surface area contributed by atoms with E-state index in [2.05, 4.69) is 0 Å². The average molecular weight is 312 g/mol. The van der Waals surface area contributed by atoms with Gasteiger partial charge in [0.15, 0.2) is 0 Å². The Morgan fingerprint density at radius 1 is 1.28 bits per heavy atom. The second-order valence-electron chi connectivity index (χ2n) is 3.70. The average Bonchev–Trinajstić information content (AvgIpc) is 2.13. The van der Waals surface area contributed by atoms with Gasteiger partial charge in [0.25, 0.3) is 0 Å². The van der Waals surface area contributed by atoms with Gasteiger partial charge in [-0.1, -0.05) is 23.2 Å². The molecule has 0 saturated carbocycles. The van der Waals surface area contributed by atoms with Crippen molar-refractivity contribution < 1.29 is 18.3 Å². The second kappa shape index (κ2) is 5.34. The molecule has 0 unspecified atom stereocenters. The summed E-state index contributed by atoms with van der Waals surface area (Å²) < 4.78 is 24.1.